The Morgan fingerprint density at radius 2 is 0.578 bits per heavy atom. The second kappa shape index (κ2) is 14.5. The van der Waals surface area contributed by atoms with Crippen molar-refractivity contribution in [1.29, 1.82) is 0 Å². The Bertz CT molecular complexity index is 3640. The first kappa shape index (κ1) is 36.1. The summed E-state index contributed by atoms with van der Waals surface area (Å²) >= 11 is 0. The molecule has 4 nitrogen and oxygen atoms in total. The van der Waals surface area contributed by atoms with Gasteiger partial charge in [-0.3, -0.25) is 0 Å². The number of aromatic nitrogens is 4. The van der Waals surface area contributed by atoms with Gasteiger partial charge in [-0.2, -0.15) is 0 Å². The van der Waals surface area contributed by atoms with Crippen LogP contribution in [-0.2, 0) is 0 Å². The minimum atomic E-state index is 0.933. The van der Waals surface area contributed by atoms with Crippen LogP contribution >= 0.6 is 0 Å². The number of hydrogen-bond acceptors (Lipinski definition) is 2. The van der Waals surface area contributed by atoms with Crippen LogP contribution in [0.2, 0.25) is 0 Å². The van der Waals surface area contributed by atoms with Crippen LogP contribution in [0.1, 0.15) is 0 Å². The van der Waals surface area contributed by atoms with Crippen molar-refractivity contribution in [3.05, 3.63) is 231 Å². The van der Waals surface area contributed by atoms with E-state index in [4.69, 9.17) is 9.97 Å². The fourth-order valence-electron chi connectivity index (χ4n) is 9.74. The van der Waals surface area contributed by atoms with Gasteiger partial charge in [0.25, 0.3) is 0 Å². The van der Waals surface area contributed by atoms with Crippen LogP contribution in [0.4, 0.5) is 0 Å². The van der Waals surface area contributed by atoms with E-state index in [0.29, 0.717) is 0 Å². The molecule has 13 rings (SSSR count). The van der Waals surface area contributed by atoms with Crippen molar-refractivity contribution in [3.8, 4) is 67.0 Å². The lowest BCUT2D eigenvalue weighted by atomic mass is 9.85. The molecule has 0 saturated carbocycles. The van der Waals surface area contributed by atoms with E-state index in [1.54, 1.807) is 0 Å². The van der Waals surface area contributed by atoms with Crippen molar-refractivity contribution in [3.63, 3.8) is 0 Å². The molecule has 0 N–H and O–H groups in total. The molecule has 0 radical (unpaired) electrons. The highest BCUT2D eigenvalue weighted by Crippen LogP contribution is 2.45. The van der Waals surface area contributed by atoms with Gasteiger partial charge in [-0.1, -0.05) is 158 Å². The second-order valence-electron chi connectivity index (χ2n) is 16.7. The summed E-state index contributed by atoms with van der Waals surface area (Å²) in [5.41, 5.74) is 15.6. The van der Waals surface area contributed by atoms with Gasteiger partial charge in [0.2, 0.25) is 0 Å². The van der Waals surface area contributed by atoms with Crippen molar-refractivity contribution in [2.45, 2.75) is 0 Å². The number of hydrogen-bond donors (Lipinski definition) is 0. The minimum absolute atomic E-state index is 0.933. The molecule has 0 atom stereocenters. The first-order chi connectivity index (χ1) is 31.7. The molecular weight excluding hydrogens is 777 g/mol. The van der Waals surface area contributed by atoms with E-state index in [9.17, 15) is 0 Å². The van der Waals surface area contributed by atoms with Gasteiger partial charge in [-0.15, -0.1) is 0 Å². The minimum Gasteiger partial charge on any atom is -0.306 e. The zero-order chi connectivity index (χ0) is 42.1. The largest absolute Gasteiger partial charge is 0.306 e. The normalized spacial score (nSPS) is 11.8. The lowest BCUT2D eigenvalue weighted by Gasteiger charge is -2.18. The zero-order valence-electron chi connectivity index (χ0n) is 34.7. The zero-order valence-corrected chi connectivity index (χ0v) is 34.7. The van der Waals surface area contributed by atoms with Crippen molar-refractivity contribution < 1.29 is 0 Å². The number of imidazole rings is 2. The quantitative estimate of drug-likeness (QED) is 0.157. The summed E-state index contributed by atoms with van der Waals surface area (Å²) in [4.78, 5) is 10.0. The van der Waals surface area contributed by atoms with Gasteiger partial charge in [0, 0.05) is 35.9 Å². The number of pyridine rings is 2. The number of rotatable bonds is 6. The van der Waals surface area contributed by atoms with Crippen LogP contribution in [0.25, 0.3) is 121 Å². The standard InChI is InChI=1S/C60H38N4/c1-3-11-39(12-4-1)49-27-29-57-61-55(37-63(57)35-49)45-23-19-43-33-47(25-21-41(43)31-45)59-51-15-7-9-17-53(51)60(54-18-10-8-16-52(54)59)48-26-22-42-32-46(24-20-44(42)34-48)56-38-64-36-50(28-30-58(64)62-56)40-13-5-2-6-14-40/h1-38H. The topological polar surface area (TPSA) is 34.6 Å². The maximum absolute atomic E-state index is 5.00. The average molecular weight is 815 g/mol. The highest BCUT2D eigenvalue weighted by Gasteiger charge is 2.18. The van der Waals surface area contributed by atoms with Crippen LogP contribution in [0.3, 0.4) is 0 Å². The molecule has 13 aromatic rings. The predicted octanol–water partition coefficient (Wildman–Crippen LogP) is 15.6. The molecule has 0 spiro atoms. The fraction of sp³-hybridized carbons (Fsp3) is 0. The van der Waals surface area contributed by atoms with E-state index in [1.807, 2.05) is 12.1 Å². The van der Waals surface area contributed by atoms with Gasteiger partial charge in [0.05, 0.1) is 11.4 Å². The summed E-state index contributed by atoms with van der Waals surface area (Å²) in [5, 5.41) is 9.73. The number of fused-ring (bicyclic) bond motifs is 6. The summed E-state index contributed by atoms with van der Waals surface area (Å²) in [6.45, 7) is 0. The third-order valence-corrected chi connectivity index (χ3v) is 12.9. The first-order valence-corrected chi connectivity index (χ1v) is 21.8. The monoisotopic (exact) mass is 814 g/mol. The molecule has 0 aliphatic heterocycles. The van der Waals surface area contributed by atoms with E-state index in [1.165, 1.54) is 87.6 Å². The molecule has 4 heteroatoms. The van der Waals surface area contributed by atoms with Crippen LogP contribution in [0.15, 0.2) is 231 Å². The summed E-state index contributed by atoms with van der Waals surface area (Å²) in [6, 6.07) is 74.5. The molecular formula is C60H38N4. The summed E-state index contributed by atoms with van der Waals surface area (Å²) in [5.74, 6) is 0. The van der Waals surface area contributed by atoms with Crippen molar-refractivity contribution in [2.24, 2.45) is 0 Å². The lowest BCUT2D eigenvalue weighted by molar-refractivity contribution is 1.19. The predicted molar refractivity (Wildman–Crippen MR) is 267 cm³/mol. The smallest absolute Gasteiger partial charge is 0.137 e. The Morgan fingerprint density at radius 1 is 0.250 bits per heavy atom. The van der Waals surface area contributed by atoms with Crippen molar-refractivity contribution in [1.82, 2.24) is 18.8 Å². The summed E-state index contributed by atoms with van der Waals surface area (Å²) in [7, 11) is 0. The van der Waals surface area contributed by atoms with E-state index in [-0.39, 0.29) is 0 Å². The Labute approximate surface area is 369 Å². The SMILES string of the molecule is c1ccc(-c2ccc3nc(-c4ccc5cc(-c6c7ccccc7c(-c7ccc8cc(-c9cn%10cc(-c%11ccccc%11)ccc%10n9)ccc8c7)c7ccccc67)ccc5c4)cn3c2)cc1. The highest BCUT2D eigenvalue weighted by atomic mass is 15.0. The third kappa shape index (κ3) is 6.07. The third-order valence-electron chi connectivity index (χ3n) is 12.9. The van der Waals surface area contributed by atoms with Crippen LogP contribution < -0.4 is 0 Å². The fourth-order valence-corrected chi connectivity index (χ4v) is 9.74. The highest BCUT2D eigenvalue weighted by molar-refractivity contribution is 6.22. The molecule has 0 unspecified atom stereocenters. The average Bonchev–Trinajstić information content (AvgIpc) is 4.00. The molecule has 0 saturated heterocycles. The van der Waals surface area contributed by atoms with Crippen molar-refractivity contribution >= 4 is 54.4 Å². The Balaban J connectivity index is 0.860. The number of nitrogens with zero attached hydrogens (tertiary/aromatic N) is 4. The van der Waals surface area contributed by atoms with E-state index >= 15 is 0 Å². The molecule has 0 bridgehead atoms. The van der Waals surface area contributed by atoms with Gasteiger partial charge in [-0.05, 0) is 136 Å². The lowest BCUT2D eigenvalue weighted by Crippen LogP contribution is -1.91. The first-order valence-electron chi connectivity index (χ1n) is 21.8. The Kier molecular flexibility index (Phi) is 8.18. The van der Waals surface area contributed by atoms with E-state index < -0.39 is 0 Å². The summed E-state index contributed by atoms with van der Waals surface area (Å²) in [6.07, 6.45) is 8.59. The van der Waals surface area contributed by atoms with Crippen LogP contribution in [0.5, 0.6) is 0 Å². The van der Waals surface area contributed by atoms with E-state index in [0.717, 1.165) is 33.8 Å². The van der Waals surface area contributed by atoms with Gasteiger partial charge >= 0.3 is 0 Å². The van der Waals surface area contributed by atoms with Gasteiger partial charge < -0.3 is 8.80 Å². The number of benzene rings is 9. The van der Waals surface area contributed by atoms with E-state index in [2.05, 4.69) is 228 Å². The molecule has 4 aromatic heterocycles. The maximum atomic E-state index is 5.00. The molecule has 298 valence electrons. The summed E-state index contributed by atoms with van der Waals surface area (Å²) < 4.78 is 4.26. The van der Waals surface area contributed by atoms with Crippen molar-refractivity contribution in [2.75, 3.05) is 0 Å². The molecule has 0 amide bonds. The van der Waals surface area contributed by atoms with Gasteiger partial charge in [0.15, 0.2) is 0 Å². The van der Waals surface area contributed by atoms with Gasteiger partial charge in [-0.25, -0.2) is 9.97 Å². The second-order valence-corrected chi connectivity index (χ2v) is 16.7. The molecule has 0 fully saturated rings. The molecule has 9 aromatic carbocycles. The van der Waals surface area contributed by atoms with Gasteiger partial charge in [0.1, 0.15) is 11.3 Å². The van der Waals surface area contributed by atoms with Crippen LogP contribution in [-0.4, -0.2) is 18.8 Å². The molecule has 4 heterocycles. The molecule has 64 heavy (non-hydrogen) atoms. The Hall–Kier alpha value is -8.60. The maximum Gasteiger partial charge on any atom is 0.137 e. The molecule has 0 aliphatic carbocycles. The van der Waals surface area contributed by atoms with Crippen LogP contribution in [0, 0.1) is 0 Å². The molecule has 0 aliphatic rings. The Morgan fingerprint density at radius 3 is 0.969 bits per heavy atom.